The Bertz CT molecular complexity index is 482. The van der Waals surface area contributed by atoms with E-state index in [2.05, 4.69) is 78.0 Å². The average Bonchev–Trinajstić information content (AvgIpc) is 2.50. The topological polar surface area (TPSA) is 9.23 Å². The van der Waals surface area contributed by atoms with Crippen LogP contribution < -0.4 is 4.46 Å². The van der Waals surface area contributed by atoms with Gasteiger partial charge in [0.1, 0.15) is 0 Å². The first-order valence-corrected chi connectivity index (χ1v) is 8.52. The normalized spacial score (nSPS) is 26.3. The van der Waals surface area contributed by atoms with Crippen molar-refractivity contribution in [2.24, 2.45) is 5.41 Å². The van der Waals surface area contributed by atoms with Gasteiger partial charge in [-0.15, -0.1) is 0 Å². The molecule has 1 aliphatic rings. The van der Waals surface area contributed by atoms with Crippen molar-refractivity contribution in [1.82, 2.24) is 0 Å². The average molecular weight is 323 g/mol. The molecule has 1 aliphatic heterocycles. The quantitative estimate of drug-likeness (QED) is 0.757. The van der Waals surface area contributed by atoms with Gasteiger partial charge in [-0.05, 0) is 0 Å². The van der Waals surface area contributed by atoms with Crippen LogP contribution in [0.3, 0.4) is 0 Å². The van der Waals surface area contributed by atoms with Crippen LogP contribution in [-0.2, 0) is 4.74 Å². The summed E-state index contributed by atoms with van der Waals surface area (Å²) < 4.78 is 9.27. The van der Waals surface area contributed by atoms with Crippen LogP contribution in [-0.4, -0.2) is 26.2 Å². The Morgan fingerprint density at radius 2 is 1.58 bits per heavy atom. The molecule has 0 saturated heterocycles. The molecule has 1 nitrogen and oxygen atoms in total. The van der Waals surface area contributed by atoms with Crippen molar-refractivity contribution in [3.63, 3.8) is 0 Å². The minimum absolute atomic E-state index is 0.110. The number of hydrogen-bond acceptors (Lipinski definition) is 1. The molecule has 0 spiro atoms. The summed E-state index contributed by atoms with van der Waals surface area (Å²) in [5.74, 6) is 0. The summed E-state index contributed by atoms with van der Waals surface area (Å²) in [4.78, 5) is 0. The molecule has 2 rings (SSSR count). The molecular weight excluding hydrogens is 299 g/mol. The summed E-state index contributed by atoms with van der Waals surface area (Å²) in [6.45, 7) is 13.3. The summed E-state index contributed by atoms with van der Waals surface area (Å²) in [6.07, 6.45) is 2.38. The van der Waals surface area contributed by atoms with Gasteiger partial charge in [-0.3, -0.25) is 0 Å². The van der Waals surface area contributed by atoms with Gasteiger partial charge in [-0.1, -0.05) is 0 Å². The summed E-state index contributed by atoms with van der Waals surface area (Å²) in [6, 6.07) is 10.7. The Hall–Kier alpha value is -0.561. The van der Waals surface area contributed by atoms with Gasteiger partial charge >= 0.3 is 123 Å². The molecule has 2 heteroatoms. The molecular formula is C17H24OSe. The molecule has 0 N–H and O–H groups in total. The molecule has 0 aliphatic carbocycles. The third-order valence-corrected chi connectivity index (χ3v) is 6.73. The third-order valence-electron chi connectivity index (χ3n) is 3.93. The summed E-state index contributed by atoms with van der Waals surface area (Å²) in [5.41, 5.74) is -0.223. The van der Waals surface area contributed by atoms with Gasteiger partial charge in [0, 0.05) is 0 Å². The Labute approximate surface area is 123 Å². The summed E-state index contributed by atoms with van der Waals surface area (Å²) in [7, 11) is 0. The first-order chi connectivity index (χ1) is 8.64. The van der Waals surface area contributed by atoms with Crippen molar-refractivity contribution in [3.05, 3.63) is 40.9 Å². The molecule has 1 aromatic carbocycles. The van der Waals surface area contributed by atoms with Gasteiger partial charge in [0.05, 0.1) is 0 Å². The van der Waals surface area contributed by atoms with Crippen LogP contribution in [0.2, 0.25) is 0 Å². The zero-order chi connectivity index (χ0) is 14.3. The van der Waals surface area contributed by atoms with E-state index >= 15 is 0 Å². The maximum absolute atomic E-state index is 6.41. The molecule has 1 atom stereocenters. The fourth-order valence-corrected chi connectivity index (χ4v) is 4.52. The van der Waals surface area contributed by atoms with Crippen LogP contribution >= 0.6 is 0 Å². The van der Waals surface area contributed by atoms with Crippen molar-refractivity contribution in [3.8, 4) is 0 Å². The molecule has 1 heterocycles. The fraction of sp³-hybridized carbons (Fsp3) is 0.529. The van der Waals surface area contributed by atoms with Gasteiger partial charge in [-0.2, -0.15) is 0 Å². The van der Waals surface area contributed by atoms with Gasteiger partial charge in [0.2, 0.25) is 0 Å². The molecule has 1 unspecified atom stereocenters. The van der Waals surface area contributed by atoms with Crippen LogP contribution in [0.15, 0.2) is 40.9 Å². The van der Waals surface area contributed by atoms with Crippen LogP contribution in [0.4, 0.5) is 0 Å². The standard InChI is InChI=1S/C17H24OSe/c1-15(2,3)17(6)12-14(16(4,5)18-17)19-13-10-8-7-9-11-13/h7-12H,1-6H3. The predicted molar refractivity (Wildman–Crippen MR) is 82.9 cm³/mol. The van der Waals surface area contributed by atoms with Gasteiger partial charge < -0.3 is 0 Å². The van der Waals surface area contributed by atoms with E-state index < -0.39 is 0 Å². The SMILES string of the molecule is CC1(C)OC(C)(C(C)(C)C)C=C1[Se]c1ccccc1. The number of hydrogen-bond donors (Lipinski definition) is 0. The van der Waals surface area contributed by atoms with E-state index in [-0.39, 0.29) is 16.6 Å². The van der Waals surface area contributed by atoms with E-state index in [0.717, 1.165) is 0 Å². The first-order valence-electron chi connectivity index (χ1n) is 6.80. The molecule has 104 valence electrons. The second-order valence-corrected chi connectivity index (χ2v) is 9.23. The van der Waals surface area contributed by atoms with E-state index in [4.69, 9.17) is 4.74 Å². The zero-order valence-corrected chi connectivity index (χ0v) is 14.5. The van der Waals surface area contributed by atoms with Crippen molar-refractivity contribution in [2.75, 3.05) is 0 Å². The van der Waals surface area contributed by atoms with Crippen LogP contribution in [0, 0.1) is 5.41 Å². The molecule has 1 aromatic rings. The molecule has 0 radical (unpaired) electrons. The predicted octanol–water partition coefficient (Wildman–Crippen LogP) is 3.51. The second kappa shape index (κ2) is 4.77. The maximum atomic E-state index is 6.41. The van der Waals surface area contributed by atoms with Crippen molar-refractivity contribution >= 4 is 19.4 Å². The van der Waals surface area contributed by atoms with Gasteiger partial charge in [0.25, 0.3) is 0 Å². The van der Waals surface area contributed by atoms with E-state index in [9.17, 15) is 0 Å². The van der Waals surface area contributed by atoms with Gasteiger partial charge in [0.15, 0.2) is 0 Å². The third kappa shape index (κ3) is 2.97. The molecule has 0 saturated carbocycles. The summed E-state index contributed by atoms with van der Waals surface area (Å²) in [5, 5.41) is 0. The first kappa shape index (κ1) is 14.8. The second-order valence-electron chi connectivity index (χ2n) is 6.89. The van der Waals surface area contributed by atoms with E-state index in [1.165, 1.54) is 8.93 Å². The number of rotatable bonds is 2. The van der Waals surface area contributed by atoms with Crippen molar-refractivity contribution in [2.45, 2.75) is 52.7 Å². The van der Waals surface area contributed by atoms with Crippen LogP contribution in [0.5, 0.6) is 0 Å². The summed E-state index contributed by atoms with van der Waals surface area (Å²) >= 11 is 0.341. The number of ether oxygens (including phenoxy) is 1. The molecule has 0 amide bonds. The van der Waals surface area contributed by atoms with Crippen molar-refractivity contribution < 1.29 is 4.74 Å². The Morgan fingerprint density at radius 3 is 2.05 bits per heavy atom. The Kier molecular flexibility index (Phi) is 3.72. The minimum atomic E-state index is -0.178. The van der Waals surface area contributed by atoms with Crippen molar-refractivity contribution in [1.29, 1.82) is 0 Å². The molecule has 19 heavy (non-hydrogen) atoms. The van der Waals surface area contributed by atoms with E-state index in [1.54, 1.807) is 0 Å². The molecule has 0 bridgehead atoms. The monoisotopic (exact) mass is 324 g/mol. The molecule has 0 aromatic heterocycles. The fourth-order valence-electron chi connectivity index (χ4n) is 2.17. The Balaban J connectivity index is 2.31. The van der Waals surface area contributed by atoms with Crippen LogP contribution in [0.25, 0.3) is 0 Å². The van der Waals surface area contributed by atoms with E-state index in [0.29, 0.717) is 15.0 Å². The Morgan fingerprint density at radius 1 is 1.00 bits per heavy atom. The number of benzene rings is 1. The zero-order valence-electron chi connectivity index (χ0n) is 12.8. The van der Waals surface area contributed by atoms with E-state index in [1.807, 2.05) is 0 Å². The van der Waals surface area contributed by atoms with Crippen LogP contribution in [0.1, 0.15) is 41.5 Å². The molecule has 0 fully saturated rings. The van der Waals surface area contributed by atoms with Gasteiger partial charge in [-0.25, -0.2) is 0 Å².